The van der Waals surface area contributed by atoms with Crippen molar-refractivity contribution in [1.29, 1.82) is 0 Å². The summed E-state index contributed by atoms with van der Waals surface area (Å²) in [6.45, 7) is 0.980. The van der Waals surface area contributed by atoms with E-state index < -0.39 is 18.0 Å². The van der Waals surface area contributed by atoms with Gasteiger partial charge in [0.25, 0.3) is 0 Å². The van der Waals surface area contributed by atoms with E-state index in [0.717, 1.165) is 12.3 Å². The molecule has 3 rings (SSSR count). The Kier molecular flexibility index (Phi) is 4.20. The number of anilines is 1. The lowest BCUT2D eigenvalue weighted by Gasteiger charge is -2.33. The van der Waals surface area contributed by atoms with E-state index in [1.807, 2.05) is 0 Å². The van der Waals surface area contributed by atoms with Gasteiger partial charge in [-0.1, -0.05) is 0 Å². The highest BCUT2D eigenvalue weighted by atomic mass is 19.4. The number of aliphatic hydroxyl groups is 1. The summed E-state index contributed by atoms with van der Waals surface area (Å²) < 4.78 is 38.1. The molecule has 0 radical (unpaired) electrons. The minimum atomic E-state index is -4.48. The second-order valence-corrected chi connectivity index (χ2v) is 5.48. The molecular weight excluding hydrogens is 311 g/mol. The third kappa shape index (κ3) is 3.44. The van der Waals surface area contributed by atoms with Crippen molar-refractivity contribution in [3.05, 3.63) is 36.2 Å². The Morgan fingerprint density at radius 2 is 1.96 bits per heavy atom. The zero-order chi connectivity index (χ0) is 16.4. The average molecular weight is 327 g/mol. The van der Waals surface area contributed by atoms with Crippen LogP contribution in [-0.4, -0.2) is 38.1 Å². The Labute approximate surface area is 130 Å². The number of piperidine rings is 1. The molecule has 0 saturated carbocycles. The first-order chi connectivity index (χ1) is 10.9. The van der Waals surface area contributed by atoms with E-state index >= 15 is 0 Å². The van der Waals surface area contributed by atoms with Crippen LogP contribution in [0.15, 0.2) is 24.7 Å². The van der Waals surface area contributed by atoms with Gasteiger partial charge in [-0.25, -0.2) is 15.0 Å². The SMILES string of the molecule is O[C@@H](c1ncc[nH]1)C1CCN(c2nccc(C(F)(F)F)n2)CC1. The summed E-state index contributed by atoms with van der Waals surface area (Å²) in [7, 11) is 0. The maximum absolute atomic E-state index is 12.7. The van der Waals surface area contributed by atoms with E-state index in [1.54, 1.807) is 17.3 Å². The second kappa shape index (κ2) is 6.15. The number of aromatic nitrogens is 4. The van der Waals surface area contributed by atoms with Gasteiger partial charge in [0.05, 0.1) is 0 Å². The number of imidazole rings is 1. The third-order valence-electron chi connectivity index (χ3n) is 4.00. The summed E-state index contributed by atoms with van der Waals surface area (Å²) in [5.74, 6) is 0.590. The Bertz CT molecular complexity index is 638. The molecule has 0 aromatic carbocycles. The van der Waals surface area contributed by atoms with Crippen LogP contribution in [0.5, 0.6) is 0 Å². The normalized spacial score (nSPS) is 18.2. The standard InChI is InChI=1S/C14H16F3N5O/c15-14(16,17)10-1-4-20-13(21-10)22-7-2-9(3-8-22)11(23)12-18-5-6-19-12/h1,4-6,9,11,23H,2-3,7-8H2,(H,18,19)/t11-/m1/s1. The van der Waals surface area contributed by atoms with Gasteiger partial charge < -0.3 is 15.0 Å². The quantitative estimate of drug-likeness (QED) is 0.903. The summed E-state index contributed by atoms with van der Waals surface area (Å²) >= 11 is 0. The van der Waals surface area contributed by atoms with Gasteiger partial charge in [0, 0.05) is 31.7 Å². The number of alkyl halides is 3. The number of aromatic amines is 1. The molecule has 6 nitrogen and oxygen atoms in total. The molecule has 2 aromatic rings. The molecule has 1 aliphatic heterocycles. The molecule has 1 saturated heterocycles. The lowest BCUT2D eigenvalue weighted by molar-refractivity contribution is -0.141. The van der Waals surface area contributed by atoms with Gasteiger partial charge in [-0.15, -0.1) is 0 Å². The molecule has 124 valence electrons. The largest absolute Gasteiger partial charge is 0.433 e. The fourth-order valence-electron chi connectivity index (χ4n) is 2.74. The number of nitrogens with one attached hydrogen (secondary N) is 1. The number of rotatable bonds is 3. The predicted octanol–water partition coefficient (Wildman–Crippen LogP) is 2.17. The molecule has 0 aliphatic carbocycles. The van der Waals surface area contributed by atoms with Crippen molar-refractivity contribution in [2.24, 2.45) is 5.92 Å². The molecule has 0 spiro atoms. The van der Waals surface area contributed by atoms with Crippen molar-refractivity contribution in [2.45, 2.75) is 25.1 Å². The zero-order valence-electron chi connectivity index (χ0n) is 12.2. The van der Waals surface area contributed by atoms with E-state index in [4.69, 9.17) is 0 Å². The topological polar surface area (TPSA) is 77.9 Å². The molecular formula is C14H16F3N5O. The molecule has 1 aliphatic rings. The van der Waals surface area contributed by atoms with Gasteiger partial charge in [0.1, 0.15) is 17.6 Å². The van der Waals surface area contributed by atoms with Gasteiger partial charge in [-0.2, -0.15) is 13.2 Å². The lowest BCUT2D eigenvalue weighted by atomic mass is 9.91. The summed E-state index contributed by atoms with van der Waals surface area (Å²) in [5.41, 5.74) is -0.944. The fraction of sp³-hybridized carbons (Fsp3) is 0.500. The van der Waals surface area contributed by atoms with Crippen molar-refractivity contribution < 1.29 is 18.3 Å². The highest BCUT2D eigenvalue weighted by Gasteiger charge is 2.34. The van der Waals surface area contributed by atoms with Crippen LogP contribution in [0.4, 0.5) is 19.1 Å². The minimum absolute atomic E-state index is 0.00296. The number of H-pyrrole nitrogens is 1. The second-order valence-electron chi connectivity index (χ2n) is 5.48. The van der Waals surface area contributed by atoms with Crippen molar-refractivity contribution in [2.75, 3.05) is 18.0 Å². The van der Waals surface area contributed by atoms with E-state index in [-0.39, 0.29) is 11.9 Å². The first-order valence-electron chi connectivity index (χ1n) is 7.27. The molecule has 3 heterocycles. The van der Waals surface area contributed by atoms with Crippen molar-refractivity contribution in [3.8, 4) is 0 Å². The fourth-order valence-corrected chi connectivity index (χ4v) is 2.74. The minimum Gasteiger partial charge on any atom is -0.385 e. The Morgan fingerprint density at radius 1 is 1.22 bits per heavy atom. The first kappa shape index (κ1) is 15.7. The van der Waals surface area contributed by atoms with Gasteiger partial charge in [0.15, 0.2) is 0 Å². The van der Waals surface area contributed by atoms with E-state index in [2.05, 4.69) is 19.9 Å². The van der Waals surface area contributed by atoms with Crippen LogP contribution in [0.1, 0.15) is 30.5 Å². The first-order valence-corrected chi connectivity index (χ1v) is 7.27. The Hall–Kier alpha value is -2.16. The van der Waals surface area contributed by atoms with Crippen molar-refractivity contribution in [1.82, 2.24) is 19.9 Å². The number of aliphatic hydroxyl groups excluding tert-OH is 1. The highest BCUT2D eigenvalue weighted by molar-refractivity contribution is 5.31. The van der Waals surface area contributed by atoms with Crippen LogP contribution in [0, 0.1) is 5.92 Å². The maximum Gasteiger partial charge on any atom is 0.433 e. The Morgan fingerprint density at radius 3 is 2.57 bits per heavy atom. The summed E-state index contributed by atoms with van der Waals surface area (Å²) in [6, 6.07) is 0.858. The smallest absolute Gasteiger partial charge is 0.385 e. The highest BCUT2D eigenvalue weighted by Crippen LogP contribution is 2.31. The van der Waals surface area contributed by atoms with E-state index in [1.165, 1.54) is 0 Å². The van der Waals surface area contributed by atoms with Crippen LogP contribution >= 0.6 is 0 Å². The monoisotopic (exact) mass is 327 g/mol. The summed E-state index contributed by atoms with van der Waals surface area (Å²) in [6.07, 6.45) is 0.409. The van der Waals surface area contributed by atoms with Crippen LogP contribution in [0.3, 0.4) is 0 Å². The molecule has 9 heteroatoms. The average Bonchev–Trinajstić information content (AvgIpc) is 3.08. The molecule has 1 atom stereocenters. The van der Waals surface area contributed by atoms with Crippen LogP contribution in [-0.2, 0) is 6.18 Å². The molecule has 2 N–H and O–H groups in total. The number of hydrogen-bond donors (Lipinski definition) is 2. The van der Waals surface area contributed by atoms with Crippen molar-refractivity contribution in [3.63, 3.8) is 0 Å². The maximum atomic E-state index is 12.7. The van der Waals surface area contributed by atoms with E-state index in [0.29, 0.717) is 31.8 Å². The summed E-state index contributed by atoms with van der Waals surface area (Å²) in [5, 5.41) is 10.2. The van der Waals surface area contributed by atoms with Crippen LogP contribution in [0.25, 0.3) is 0 Å². The zero-order valence-corrected chi connectivity index (χ0v) is 12.2. The molecule has 23 heavy (non-hydrogen) atoms. The number of nitrogens with zero attached hydrogens (tertiary/aromatic N) is 4. The number of halogens is 3. The van der Waals surface area contributed by atoms with Crippen LogP contribution < -0.4 is 4.90 Å². The lowest BCUT2D eigenvalue weighted by Crippen LogP contribution is -2.37. The van der Waals surface area contributed by atoms with Gasteiger partial charge in [-0.3, -0.25) is 0 Å². The predicted molar refractivity (Wildman–Crippen MR) is 75.5 cm³/mol. The van der Waals surface area contributed by atoms with Gasteiger partial charge in [0.2, 0.25) is 5.95 Å². The molecule has 1 fully saturated rings. The van der Waals surface area contributed by atoms with Crippen LogP contribution in [0.2, 0.25) is 0 Å². The van der Waals surface area contributed by atoms with Gasteiger partial charge >= 0.3 is 6.18 Å². The number of hydrogen-bond acceptors (Lipinski definition) is 5. The van der Waals surface area contributed by atoms with Gasteiger partial charge in [-0.05, 0) is 24.8 Å². The molecule has 0 unspecified atom stereocenters. The molecule has 2 aromatic heterocycles. The van der Waals surface area contributed by atoms with Crippen molar-refractivity contribution >= 4 is 5.95 Å². The summed E-state index contributed by atoms with van der Waals surface area (Å²) in [4.78, 5) is 16.2. The van der Waals surface area contributed by atoms with E-state index in [9.17, 15) is 18.3 Å². The third-order valence-corrected chi connectivity index (χ3v) is 4.00. The molecule has 0 bridgehead atoms. The molecule has 0 amide bonds. The Balaban J connectivity index is 1.65.